The van der Waals surface area contributed by atoms with Crippen LogP contribution in [0.5, 0.6) is 0 Å². The van der Waals surface area contributed by atoms with Crippen molar-refractivity contribution in [3.8, 4) is 11.1 Å². The highest BCUT2D eigenvalue weighted by Crippen LogP contribution is 2.37. The fraction of sp³-hybridized carbons (Fsp3) is 0.333. The predicted molar refractivity (Wildman–Crippen MR) is 80.7 cm³/mol. The van der Waals surface area contributed by atoms with Crippen molar-refractivity contribution in [2.45, 2.75) is 18.3 Å². The summed E-state index contributed by atoms with van der Waals surface area (Å²) in [5, 5.41) is 9.05. The van der Waals surface area contributed by atoms with Gasteiger partial charge in [0.2, 0.25) is 0 Å². The van der Waals surface area contributed by atoms with E-state index in [2.05, 4.69) is 48.5 Å². The van der Waals surface area contributed by atoms with Crippen LogP contribution < -0.4 is 0 Å². The number of hydrogen-bond donors (Lipinski definition) is 1. The predicted octanol–water partition coefficient (Wildman–Crippen LogP) is 3.39. The standard InChI is InChI=1S/C18H20O2/c19-12-4-11-18(13-20-14-18)17-9-7-16(8-10-17)15-5-2-1-3-6-15/h1-3,5-10,19H,4,11-14H2. The van der Waals surface area contributed by atoms with Gasteiger partial charge < -0.3 is 9.84 Å². The van der Waals surface area contributed by atoms with Crippen LogP contribution >= 0.6 is 0 Å². The minimum absolute atomic E-state index is 0.123. The van der Waals surface area contributed by atoms with Crippen LogP contribution in [0.25, 0.3) is 11.1 Å². The van der Waals surface area contributed by atoms with E-state index in [0.29, 0.717) is 0 Å². The summed E-state index contributed by atoms with van der Waals surface area (Å²) in [4.78, 5) is 0. The third kappa shape index (κ3) is 2.49. The number of hydrogen-bond acceptors (Lipinski definition) is 2. The van der Waals surface area contributed by atoms with E-state index in [1.165, 1.54) is 16.7 Å². The molecule has 2 heteroatoms. The molecule has 1 aliphatic heterocycles. The molecule has 0 spiro atoms. The van der Waals surface area contributed by atoms with Crippen molar-refractivity contribution in [3.63, 3.8) is 0 Å². The van der Waals surface area contributed by atoms with Gasteiger partial charge in [-0.25, -0.2) is 0 Å². The van der Waals surface area contributed by atoms with E-state index in [4.69, 9.17) is 9.84 Å². The maximum Gasteiger partial charge on any atom is 0.0585 e. The molecule has 2 aromatic carbocycles. The molecule has 104 valence electrons. The second-order valence-corrected chi connectivity index (χ2v) is 5.54. The molecule has 0 aromatic heterocycles. The third-order valence-corrected chi connectivity index (χ3v) is 4.17. The van der Waals surface area contributed by atoms with Crippen molar-refractivity contribution >= 4 is 0 Å². The summed E-state index contributed by atoms with van der Waals surface area (Å²) in [5.41, 5.74) is 3.94. The summed E-state index contributed by atoms with van der Waals surface area (Å²) in [6, 6.07) is 19.2. The fourth-order valence-electron chi connectivity index (χ4n) is 2.87. The largest absolute Gasteiger partial charge is 0.396 e. The van der Waals surface area contributed by atoms with Gasteiger partial charge in [0.25, 0.3) is 0 Å². The van der Waals surface area contributed by atoms with Crippen LogP contribution in [-0.4, -0.2) is 24.9 Å². The Morgan fingerprint density at radius 3 is 2.10 bits per heavy atom. The number of rotatable bonds is 5. The Bertz CT molecular complexity index is 541. The molecule has 1 N–H and O–H groups in total. The molecule has 0 bridgehead atoms. The quantitative estimate of drug-likeness (QED) is 0.900. The Morgan fingerprint density at radius 2 is 1.55 bits per heavy atom. The Labute approximate surface area is 120 Å². The normalized spacial score (nSPS) is 16.6. The highest BCUT2D eigenvalue weighted by Gasteiger charge is 2.39. The van der Waals surface area contributed by atoms with E-state index in [1.807, 2.05) is 6.07 Å². The van der Waals surface area contributed by atoms with Crippen molar-refractivity contribution in [2.75, 3.05) is 19.8 Å². The van der Waals surface area contributed by atoms with Gasteiger partial charge in [0.05, 0.1) is 13.2 Å². The second kappa shape index (κ2) is 5.78. The molecule has 1 heterocycles. The van der Waals surface area contributed by atoms with Crippen LogP contribution in [0.4, 0.5) is 0 Å². The topological polar surface area (TPSA) is 29.5 Å². The monoisotopic (exact) mass is 268 g/mol. The molecule has 1 aliphatic rings. The molecule has 0 amide bonds. The van der Waals surface area contributed by atoms with Crippen LogP contribution in [0.2, 0.25) is 0 Å². The van der Waals surface area contributed by atoms with Crippen LogP contribution in [0.15, 0.2) is 54.6 Å². The van der Waals surface area contributed by atoms with E-state index in [1.54, 1.807) is 0 Å². The molecular weight excluding hydrogens is 248 g/mol. The van der Waals surface area contributed by atoms with E-state index >= 15 is 0 Å². The van der Waals surface area contributed by atoms with Crippen molar-refractivity contribution in [1.82, 2.24) is 0 Å². The van der Waals surface area contributed by atoms with Crippen molar-refractivity contribution in [2.24, 2.45) is 0 Å². The average Bonchev–Trinajstić information content (AvgIpc) is 2.48. The molecule has 0 aliphatic carbocycles. The Morgan fingerprint density at radius 1 is 0.900 bits per heavy atom. The lowest BCUT2D eigenvalue weighted by atomic mass is 9.75. The average molecular weight is 268 g/mol. The molecule has 0 unspecified atom stereocenters. The summed E-state index contributed by atoms with van der Waals surface area (Å²) in [6.07, 6.45) is 1.83. The third-order valence-electron chi connectivity index (χ3n) is 4.17. The lowest BCUT2D eigenvalue weighted by Gasteiger charge is -2.42. The fourth-order valence-corrected chi connectivity index (χ4v) is 2.87. The molecular formula is C18H20O2. The van der Waals surface area contributed by atoms with Gasteiger partial charge in [-0.2, -0.15) is 0 Å². The van der Waals surface area contributed by atoms with Gasteiger partial charge in [0.15, 0.2) is 0 Å². The SMILES string of the molecule is OCCCC1(c2ccc(-c3ccccc3)cc2)COC1. The molecule has 1 saturated heterocycles. The summed E-state index contributed by atoms with van der Waals surface area (Å²) in [5.74, 6) is 0. The van der Waals surface area contributed by atoms with E-state index in [-0.39, 0.29) is 12.0 Å². The molecule has 3 rings (SSSR count). The number of aliphatic hydroxyl groups is 1. The van der Waals surface area contributed by atoms with Crippen LogP contribution in [-0.2, 0) is 10.2 Å². The van der Waals surface area contributed by atoms with E-state index in [9.17, 15) is 0 Å². The molecule has 20 heavy (non-hydrogen) atoms. The van der Waals surface area contributed by atoms with E-state index in [0.717, 1.165) is 26.1 Å². The highest BCUT2D eigenvalue weighted by atomic mass is 16.5. The first-order valence-electron chi connectivity index (χ1n) is 7.19. The van der Waals surface area contributed by atoms with Gasteiger partial charge >= 0.3 is 0 Å². The van der Waals surface area contributed by atoms with Crippen molar-refractivity contribution in [3.05, 3.63) is 60.2 Å². The number of aliphatic hydroxyl groups excluding tert-OH is 1. The first-order valence-corrected chi connectivity index (χ1v) is 7.19. The van der Waals surface area contributed by atoms with Gasteiger partial charge in [-0.3, -0.25) is 0 Å². The smallest absolute Gasteiger partial charge is 0.0585 e. The minimum Gasteiger partial charge on any atom is -0.396 e. The van der Waals surface area contributed by atoms with Gasteiger partial charge in [0, 0.05) is 12.0 Å². The van der Waals surface area contributed by atoms with Gasteiger partial charge in [-0.1, -0.05) is 54.6 Å². The Hall–Kier alpha value is -1.64. The molecule has 2 aromatic rings. The zero-order valence-corrected chi connectivity index (χ0v) is 11.6. The molecule has 1 fully saturated rings. The van der Waals surface area contributed by atoms with Gasteiger partial charge in [-0.05, 0) is 29.5 Å². The molecule has 0 saturated carbocycles. The number of ether oxygens (including phenoxy) is 1. The van der Waals surface area contributed by atoms with Crippen LogP contribution in [0, 0.1) is 0 Å². The van der Waals surface area contributed by atoms with E-state index < -0.39 is 0 Å². The lowest BCUT2D eigenvalue weighted by molar-refractivity contribution is -0.0665. The summed E-state index contributed by atoms with van der Waals surface area (Å²) < 4.78 is 5.42. The number of benzene rings is 2. The van der Waals surface area contributed by atoms with Gasteiger partial charge in [0.1, 0.15) is 0 Å². The Balaban J connectivity index is 1.82. The molecule has 0 radical (unpaired) electrons. The zero-order valence-electron chi connectivity index (χ0n) is 11.6. The molecule has 2 nitrogen and oxygen atoms in total. The zero-order chi connectivity index (χ0) is 13.8. The summed E-state index contributed by atoms with van der Waals surface area (Å²) >= 11 is 0. The minimum atomic E-state index is 0.123. The lowest BCUT2D eigenvalue weighted by Crippen LogP contribution is -2.46. The first kappa shape index (κ1) is 13.3. The molecule has 0 atom stereocenters. The van der Waals surface area contributed by atoms with Crippen LogP contribution in [0.3, 0.4) is 0 Å². The van der Waals surface area contributed by atoms with Crippen LogP contribution in [0.1, 0.15) is 18.4 Å². The van der Waals surface area contributed by atoms with Crippen molar-refractivity contribution in [1.29, 1.82) is 0 Å². The highest BCUT2D eigenvalue weighted by molar-refractivity contribution is 5.63. The summed E-state index contributed by atoms with van der Waals surface area (Å²) in [6.45, 7) is 1.80. The maximum atomic E-state index is 9.05. The first-order chi connectivity index (χ1) is 9.84. The maximum absolute atomic E-state index is 9.05. The van der Waals surface area contributed by atoms with Gasteiger partial charge in [-0.15, -0.1) is 0 Å². The summed E-state index contributed by atoms with van der Waals surface area (Å²) in [7, 11) is 0. The van der Waals surface area contributed by atoms with Crippen molar-refractivity contribution < 1.29 is 9.84 Å². The Kier molecular flexibility index (Phi) is 3.86. The second-order valence-electron chi connectivity index (χ2n) is 5.54.